The van der Waals surface area contributed by atoms with Gasteiger partial charge >= 0.3 is 5.97 Å². The molecule has 1 aromatic heterocycles. The number of ether oxygens (including phenoxy) is 1. The predicted octanol–water partition coefficient (Wildman–Crippen LogP) is 5.40. The van der Waals surface area contributed by atoms with Crippen molar-refractivity contribution in [1.82, 2.24) is 9.88 Å². The quantitative estimate of drug-likeness (QED) is 0.263. The fourth-order valence-electron chi connectivity index (χ4n) is 5.00. The Bertz CT molecular complexity index is 1160. The molecule has 0 aliphatic carbocycles. The number of halogens is 1. The van der Waals surface area contributed by atoms with Crippen LogP contribution in [0, 0.1) is 17.7 Å². The van der Waals surface area contributed by atoms with E-state index >= 15 is 0 Å². The number of hydrogen-bond donors (Lipinski definition) is 2. The second-order valence-electron chi connectivity index (χ2n) is 9.33. The Labute approximate surface area is 215 Å². The number of aromatic nitrogens is 1. The van der Waals surface area contributed by atoms with Gasteiger partial charge in [0.1, 0.15) is 11.6 Å². The van der Waals surface area contributed by atoms with E-state index in [-0.39, 0.29) is 11.7 Å². The lowest BCUT2D eigenvalue weighted by molar-refractivity contribution is -0.146. The second kappa shape index (κ2) is 12.5. The third-order valence-corrected chi connectivity index (χ3v) is 8.11. The summed E-state index contributed by atoms with van der Waals surface area (Å²) in [6, 6.07) is 13.9. The van der Waals surface area contributed by atoms with Gasteiger partial charge in [-0.1, -0.05) is 0 Å². The molecule has 0 amide bonds. The number of methoxy groups -OCH3 is 1. The molecule has 2 heterocycles. The van der Waals surface area contributed by atoms with Crippen LogP contribution in [0.3, 0.4) is 0 Å². The van der Waals surface area contributed by atoms with Crippen molar-refractivity contribution < 1.29 is 24.1 Å². The van der Waals surface area contributed by atoms with Gasteiger partial charge in [-0.3, -0.25) is 9.78 Å². The van der Waals surface area contributed by atoms with Gasteiger partial charge in [0.25, 0.3) is 0 Å². The van der Waals surface area contributed by atoms with Crippen LogP contribution in [0.2, 0.25) is 0 Å². The van der Waals surface area contributed by atoms with E-state index in [2.05, 4.69) is 9.88 Å². The number of carbonyl (C=O) groups is 1. The predicted molar refractivity (Wildman–Crippen MR) is 140 cm³/mol. The van der Waals surface area contributed by atoms with Crippen molar-refractivity contribution in [3.8, 4) is 5.75 Å². The Balaban J connectivity index is 1.29. The summed E-state index contributed by atoms with van der Waals surface area (Å²) in [6.45, 7) is 2.24. The minimum absolute atomic E-state index is 0.0321. The molecule has 0 saturated carbocycles. The Hall–Kier alpha value is -2.68. The molecular formula is C28H33FN2O4S. The van der Waals surface area contributed by atoms with Crippen molar-refractivity contribution in [3.63, 3.8) is 0 Å². The van der Waals surface area contributed by atoms with Crippen molar-refractivity contribution in [2.45, 2.75) is 36.7 Å². The highest BCUT2D eigenvalue weighted by molar-refractivity contribution is 7.99. The van der Waals surface area contributed by atoms with Gasteiger partial charge in [-0.15, -0.1) is 11.8 Å². The van der Waals surface area contributed by atoms with E-state index in [0.29, 0.717) is 25.1 Å². The van der Waals surface area contributed by atoms with Crippen LogP contribution in [0.1, 0.15) is 37.4 Å². The van der Waals surface area contributed by atoms with E-state index < -0.39 is 18.0 Å². The largest absolute Gasteiger partial charge is 0.497 e. The lowest BCUT2D eigenvalue weighted by Gasteiger charge is -2.37. The minimum Gasteiger partial charge on any atom is -0.497 e. The first-order chi connectivity index (χ1) is 17.4. The van der Waals surface area contributed by atoms with Gasteiger partial charge in [0.05, 0.1) is 24.6 Å². The number of benzene rings is 2. The number of thioether (sulfide) groups is 1. The van der Waals surface area contributed by atoms with Gasteiger partial charge in [-0.25, -0.2) is 4.39 Å². The van der Waals surface area contributed by atoms with Crippen LogP contribution < -0.4 is 4.74 Å². The standard InChI is InChI=1S/C28H33FN2O4S/c1-35-21-6-9-26-24(17-21)23(11-13-30-26)27(32)10-3-19-12-15-31(18-25(19)28(33)34)14-2-16-36-22-7-4-20(29)5-8-22/h4-9,11,13,17,19,25,27,32H,2-3,10,12,14-16,18H2,1H3,(H,33,34)/t19-,25+,27?/m1/s1. The smallest absolute Gasteiger partial charge is 0.308 e. The second-order valence-corrected chi connectivity index (χ2v) is 10.5. The summed E-state index contributed by atoms with van der Waals surface area (Å²) in [6.07, 6.45) is 3.90. The summed E-state index contributed by atoms with van der Waals surface area (Å²) in [5, 5.41) is 21.8. The number of nitrogens with zero attached hydrogens (tertiary/aromatic N) is 2. The molecule has 2 N–H and O–H groups in total. The molecule has 1 unspecified atom stereocenters. The number of carboxylic acid groups (broad SMARTS) is 1. The molecule has 2 aromatic carbocycles. The van der Waals surface area contributed by atoms with Gasteiger partial charge < -0.3 is 19.8 Å². The van der Waals surface area contributed by atoms with Crippen LogP contribution in [0.4, 0.5) is 4.39 Å². The molecule has 3 aromatic rings. The van der Waals surface area contributed by atoms with Crippen LogP contribution in [0.5, 0.6) is 5.75 Å². The molecule has 4 rings (SSSR count). The molecule has 3 atom stereocenters. The van der Waals surface area contributed by atoms with E-state index in [1.165, 1.54) is 12.1 Å². The first-order valence-corrected chi connectivity index (χ1v) is 13.4. The first kappa shape index (κ1) is 26.4. The van der Waals surface area contributed by atoms with Crippen LogP contribution >= 0.6 is 11.8 Å². The zero-order chi connectivity index (χ0) is 25.5. The van der Waals surface area contributed by atoms with Crippen LogP contribution in [-0.2, 0) is 4.79 Å². The van der Waals surface area contributed by atoms with Gasteiger partial charge in [-0.05, 0) is 105 Å². The molecule has 1 fully saturated rings. The van der Waals surface area contributed by atoms with Crippen LogP contribution in [-0.4, -0.2) is 58.6 Å². The highest BCUT2D eigenvalue weighted by atomic mass is 32.2. The minimum atomic E-state index is -0.765. The Morgan fingerprint density at radius 1 is 1.25 bits per heavy atom. The van der Waals surface area contributed by atoms with E-state index in [9.17, 15) is 19.4 Å². The fourth-order valence-corrected chi connectivity index (χ4v) is 5.83. The number of piperidine rings is 1. The maximum Gasteiger partial charge on any atom is 0.308 e. The third kappa shape index (κ3) is 6.75. The Morgan fingerprint density at radius 2 is 2.06 bits per heavy atom. The molecule has 0 bridgehead atoms. The number of aliphatic carboxylic acids is 1. The van der Waals surface area contributed by atoms with Gasteiger partial charge in [0, 0.05) is 23.0 Å². The van der Waals surface area contributed by atoms with Crippen molar-refractivity contribution in [3.05, 3.63) is 66.1 Å². The summed E-state index contributed by atoms with van der Waals surface area (Å²) < 4.78 is 18.4. The highest BCUT2D eigenvalue weighted by Gasteiger charge is 2.34. The number of fused-ring (bicyclic) bond motifs is 1. The summed E-state index contributed by atoms with van der Waals surface area (Å²) in [5.74, 6) is 0.205. The van der Waals surface area contributed by atoms with Crippen LogP contribution in [0.25, 0.3) is 10.9 Å². The number of hydrogen-bond acceptors (Lipinski definition) is 6. The van der Waals surface area contributed by atoms with Crippen molar-refractivity contribution in [2.75, 3.05) is 32.5 Å². The molecule has 8 heteroatoms. The third-order valence-electron chi connectivity index (χ3n) is 7.01. The molecule has 36 heavy (non-hydrogen) atoms. The van der Waals surface area contributed by atoms with E-state index in [0.717, 1.165) is 53.0 Å². The summed E-state index contributed by atoms with van der Waals surface area (Å²) in [4.78, 5) is 19.7. The van der Waals surface area contributed by atoms with E-state index in [1.807, 2.05) is 24.3 Å². The zero-order valence-electron chi connectivity index (χ0n) is 20.5. The molecule has 1 aliphatic rings. The summed E-state index contributed by atoms with van der Waals surface area (Å²) in [7, 11) is 1.61. The SMILES string of the molecule is COc1ccc2nccc(C(O)CC[C@@H]3CCN(CCCSc4ccc(F)cc4)C[C@@H]3C(=O)O)c2c1. The first-order valence-electron chi connectivity index (χ1n) is 12.4. The summed E-state index contributed by atoms with van der Waals surface area (Å²) >= 11 is 1.69. The topological polar surface area (TPSA) is 82.9 Å². The molecule has 0 spiro atoms. The van der Waals surface area contributed by atoms with Gasteiger partial charge in [0.2, 0.25) is 0 Å². The van der Waals surface area contributed by atoms with Gasteiger partial charge in [0.15, 0.2) is 0 Å². The Kier molecular flexibility index (Phi) is 9.18. The highest BCUT2D eigenvalue weighted by Crippen LogP contribution is 2.34. The maximum absolute atomic E-state index is 13.0. The normalized spacial score (nSPS) is 19.3. The molecule has 6 nitrogen and oxygen atoms in total. The number of aliphatic hydroxyl groups excluding tert-OH is 1. The molecular weight excluding hydrogens is 479 g/mol. The van der Waals surface area contributed by atoms with Crippen molar-refractivity contribution >= 4 is 28.6 Å². The monoisotopic (exact) mass is 512 g/mol. The fraction of sp³-hybridized carbons (Fsp3) is 0.429. The molecule has 1 aliphatic heterocycles. The summed E-state index contributed by atoms with van der Waals surface area (Å²) in [5.41, 5.74) is 1.59. The number of rotatable bonds is 11. The van der Waals surface area contributed by atoms with Crippen molar-refractivity contribution in [2.24, 2.45) is 11.8 Å². The number of pyridine rings is 1. The lowest BCUT2D eigenvalue weighted by Crippen LogP contribution is -2.44. The van der Waals surface area contributed by atoms with Gasteiger partial charge in [-0.2, -0.15) is 0 Å². The Morgan fingerprint density at radius 3 is 2.81 bits per heavy atom. The van der Waals surface area contributed by atoms with E-state index in [1.54, 1.807) is 37.2 Å². The number of carboxylic acids is 1. The number of likely N-dealkylation sites (tertiary alicyclic amines) is 1. The zero-order valence-corrected chi connectivity index (χ0v) is 21.3. The molecule has 0 radical (unpaired) electrons. The average Bonchev–Trinajstić information content (AvgIpc) is 2.90. The maximum atomic E-state index is 13.0. The lowest BCUT2D eigenvalue weighted by atomic mass is 9.81. The van der Waals surface area contributed by atoms with E-state index in [4.69, 9.17) is 4.74 Å². The molecule has 192 valence electrons. The number of aliphatic hydroxyl groups is 1. The average molecular weight is 513 g/mol. The van der Waals surface area contributed by atoms with Crippen LogP contribution in [0.15, 0.2) is 59.6 Å². The molecule has 1 saturated heterocycles. The van der Waals surface area contributed by atoms with Crippen molar-refractivity contribution in [1.29, 1.82) is 0 Å².